The molecule has 1 aromatic heterocycles. The molecule has 0 saturated carbocycles. The zero-order chi connectivity index (χ0) is 12.3. The highest BCUT2D eigenvalue weighted by molar-refractivity contribution is 5.45. The molecular weight excluding hydrogens is 214 g/mol. The van der Waals surface area contributed by atoms with E-state index in [1.54, 1.807) is 0 Å². The minimum Gasteiger partial charge on any atom is -0.376 e. The average Bonchev–Trinajstić information content (AvgIpc) is 2.33. The Hall–Kier alpha value is -1.16. The van der Waals surface area contributed by atoms with Crippen molar-refractivity contribution in [2.24, 2.45) is 0 Å². The smallest absolute Gasteiger partial charge is 0.132 e. The summed E-state index contributed by atoms with van der Waals surface area (Å²) in [4.78, 5) is 8.79. The standard InChI is InChI=1S/C13H21N3O/c1-9-10(2)15-11(3)16-13(9)14-8-12-6-4-5-7-17-12/h12H,4-8H2,1-3H3,(H,14,15,16). The number of hydrogen-bond donors (Lipinski definition) is 1. The highest BCUT2D eigenvalue weighted by Crippen LogP contribution is 2.17. The molecule has 0 bridgehead atoms. The first kappa shape index (κ1) is 12.3. The second-order valence-corrected chi connectivity index (χ2v) is 4.70. The van der Waals surface area contributed by atoms with E-state index in [9.17, 15) is 0 Å². The molecule has 17 heavy (non-hydrogen) atoms. The van der Waals surface area contributed by atoms with Gasteiger partial charge < -0.3 is 10.1 Å². The Bertz CT molecular complexity index is 386. The van der Waals surface area contributed by atoms with Crippen molar-refractivity contribution in [1.82, 2.24) is 9.97 Å². The summed E-state index contributed by atoms with van der Waals surface area (Å²) in [5, 5.41) is 3.39. The predicted molar refractivity (Wildman–Crippen MR) is 68.3 cm³/mol. The van der Waals surface area contributed by atoms with E-state index in [1.165, 1.54) is 12.8 Å². The Morgan fingerprint density at radius 1 is 1.24 bits per heavy atom. The third-order valence-corrected chi connectivity index (χ3v) is 3.27. The lowest BCUT2D eigenvalue weighted by Crippen LogP contribution is -2.27. The summed E-state index contributed by atoms with van der Waals surface area (Å²) >= 11 is 0. The second-order valence-electron chi connectivity index (χ2n) is 4.70. The number of anilines is 1. The summed E-state index contributed by atoms with van der Waals surface area (Å²) in [5.41, 5.74) is 2.18. The number of aromatic nitrogens is 2. The van der Waals surface area contributed by atoms with Crippen LogP contribution in [0.1, 0.15) is 36.3 Å². The molecule has 2 rings (SSSR count). The number of rotatable bonds is 3. The lowest BCUT2D eigenvalue weighted by molar-refractivity contribution is 0.0247. The van der Waals surface area contributed by atoms with E-state index in [-0.39, 0.29) is 0 Å². The van der Waals surface area contributed by atoms with E-state index in [1.807, 2.05) is 13.8 Å². The van der Waals surface area contributed by atoms with Crippen LogP contribution in [-0.4, -0.2) is 29.2 Å². The maximum Gasteiger partial charge on any atom is 0.132 e. The molecule has 0 aromatic carbocycles. The number of nitrogens with zero attached hydrogens (tertiary/aromatic N) is 2. The summed E-state index contributed by atoms with van der Waals surface area (Å²) < 4.78 is 5.69. The Labute approximate surface area is 103 Å². The van der Waals surface area contributed by atoms with Crippen molar-refractivity contribution in [1.29, 1.82) is 0 Å². The minimum atomic E-state index is 0.332. The molecule has 1 aliphatic heterocycles. The quantitative estimate of drug-likeness (QED) is 0.873. The molecule has 1 aromatic rings. The summed E-state index contributed by atoms with van der Waals surface area (Å²) in [6.45, 7) is 7.74. The largest absolute Gasteiger partial charge is 0.376 e. The van der Waals surface area contributed by atoms with Crippen LogP contribution in [0.2, 0.25) is 0 Å². The first-order valence-electron chi connectivity index (χ1n) is 6.34. The second kappa shape index (κ2) is 5.45. The van der Waals surface area contributed by atoms with E-state index < -0.39 is 0 Å². The van der Waals surface area contributed by atoms with Crippen LogP contribution in [0, 0.1) is 20.8 Å². The summed E-state index contributed by atoms with van der Waals surface area (Å²) in [6, 6.07) is 0. The van der Waals surface area contributed by atoms with Gasteiger partial charge in [-0.1, -0.05) is 0 Å². The maximum atomic E-state index is 5.69. The zero-order valence-electron chi connectivity index (χ0n) is 10.9. The molecule has 2 heterocycles. The SMILES string of the molecule is Cc1nc(C)c(C)c(NCC2CCCCO2)n1. The molecule has 0 radical (unpaired) electrons. The first-order chi connectivity index (χ1) is 8.16. The van der Waals surface area contributed by atoms with Crippen LogP contribution in [0.3, 0.4) is 0 Å². The van der Waals surface area contributed by atoms with Gasteiger partial charge in [0, 0.05) is 24.4 Å². The van der Waals surface area contributed by atoms with Gasteiger partial charge >= 0.3 is 0 Å². The van der Waals surface area contributed by atoms with Crippen molar-refractivity contribution in [2.45, 2.75) is 46.1 Å². The summed E-state index contributed by atoms with van der Waals surface area (Å²) in [6.07, 6.45) is 3.95. The number of nitrogens with one attached hydrogen (secondary N) is 1. The van der Waals surface area contributed by atoms with Gasteiger partial charge in [0.05, 0.1) is 6.10 Å². The molecule has 1 fully saturated rings. The fourth-order valence-corrected chi connectivity index (χ4v) is 2.12. The van der Waals surface area contributed by atoms with Gasteiger partial charge in [-0.3, -0.25) is 0 Å². The number of ether oxygens (including phenoxy) is 1. The normalized spacial score (nSPS) is 20.3. The fraction of sp³-hybridized carbons (Fsp3) is 0.692. The van der Waals surface area contributed by atoms with Crippen LogP contribution in [0.25, 0.3) is 0 Å². The van der Waals surface area contributed by atoms with Crippen molar-refractivity contribution < 1.29 is 4.74 Å². The molecule has 0 spiro atoms. The van der Waals surface area contributed by atoms with Crippen molar-refractivity contribution in [3.05, 3.63) is 17.1 Å². The molecule has 1 aliphatic rings. The van der Waals surface area contributed by atoms with Crippen molar-refractivity contribution in [3.8, 4) is 0 Å². The number of hydrogen-bond acceptors (Lipinski definition) is 4. The fourth-order valence-electron chi connectivity index (χ4n) is 2.12. The Morgan fingerprint density at radius 3 is 2.76 bits per heavy atom. The van der Waals surface area contributed by atoms with E-state index in [0.29, 0.717) is 6.10 Å². The van der Waals surface area contributed by atoms with Gasteiger partial charge in [-0.05, 0) is 40.0 Å². The van der Waals surface area contributed by atoms with Crippen molar-refractivity contribution >= 4 is 5.82 Å². The molecule has 1 N–H and O–H groups in total. The highest BCUT2D eigenvalue weighted by Gasteiger charge is 2.14. The lowest BCUT2D eigenvalue weighted by Gasteiger charge is -2.23. The third kappa shape index (κ3) is 3.16. The molecule has 4 heteroatoms. The average molecular weight is 235 g/mol. The molecule has 1 saturated heterocycles. The lowest BCUT2D eigenvalue weighted by atomic mass is 10.1. The van der Waals surface area contributed by atoms with Gasteiger partial charge in [0.2, 0.25) is 0 Å². The summed E-state index contributed by atoms with van der Waals surface area (Å²) in [5.74, 6) is 1.77. The number of aryl methyl sites for hydroxylation is 2. The van der Waals surface area contributed by atoms with Crippen molar-refractivity contribution in [2.75, 3.05) is 18.5 Å². The van der Waals surface area contributed by atoms with Crippen LogP contribution >= 0.6 is 0 Å². The van der Waals surface area contributed by atoms with Gasteiger partial charge in [-0.25, -0.2) is 9.97 Å². The monoisotopic (exact) mass is 235 g/mol. The molecule has 0 amide bonds. The minimum absolute atomic E-state index is 0.332. The van der Waals surface area contributed by atoms with Crippen LogP contribution in [-0.2, 0) is 4.74 Å². The van der Waals surface area contributed by atoms with Crippen LogP contribution < -0.4 is 5.32 Å². The molecule has 94 valence electrons. The molecule has 0 aliphatic carbocycles. The van der Waals surface area contributed by atoms with Gasteiger partial charge in [0.1, 0.15) is 11.6 Å². The molecule has 1 atom stereocenters. The van der Waals surface area contributed by atoms with E-state index in [0.717, 1.165) is 42.5 Å². The van der Waals surface area contributed by atoms with Gasteiger partial charge in [-0.15, -0.1) is 0 Å². The molecule has 4 nitrogen and oxygen atoms in total. The van der Waals surface area contributed by atoms with E-state index in [2.05, 4.69) is 22.2 Å². The Kier molecular flexibility index (Phi) is 3.94. The summed E-state index contributed by atoms with van der Waals surface area (Å²) in [7, 11) is 0. The first-order valence-corrected chi connectivity index (χ1v) is 6.34. The molecule has 1 unspecified atom stereocenters. The molecular formula is C13H21N3O. The van der Waals surface area contributed by atoms with Crippen LogP contribution in [0.5, 0.6) is 0 Å². The Morgan fingerprint density at radius 2 is 2.06 bits per heavy atom. The highest BCUT2D eigenvalue weighted by atomic mass is 16.5. The predicted octanol–water partition coefficient (Wildman–Crippen LogP) is 2.38. The van der Waals surface area contributed by atoms with Gasteiger partial charge in [0.15, 0.2) is 0 Å². The van der Waals surface area contributed by atoms with Gasteiger partial charge in [0.25, 0.3) is 0 Å². The third-order valence-electron chi connectivity index (χ3n) is 3.27. The topological polar surface area (TPSA) is 47.0 Å². The Balaban J connectivity index is 1.98. The maximum absolute atomic E-state index is 5.69. The van der Waals surface area contributed by atoms with Crippen LogP contribution in [0.15, 0.2) is 0 Å². The zero-order valence-corrected chi connectivity index (χ0v) is 10.9. The van der Waals surface area contributed by atoms with E-state index in [4.69, 9.17) is 4.74 Å². The van der Waals surface area contributed by atoms with E-state index >= 15 is 0 Å². The van der Waals surface area contributed by atoms with Crippen LogP contribution in [0.4, 0.5) is 5.82 Å². The van der Waals surface area contributed by atoms with Gasteiger partial charge in [-0.2, -0.15) is 0 Å². The van der Waals surface area contributed by atoms with Crippen molar-refractivity contribution in [3.63, 3.8) is 0 Å².